The molecular weight excluding hydrogens is 280 g/mol. The van der Waals surface area contributed by atoms with Crippen molar-refractivity contribution in [1.29, 1.82) is 0 Å². The minimum atomic E-state index is 0.334. The van der Waals surface area contributed by atoms with Gasteiger partial charge in [-0.05, 0) is 18.2 Å². The average Bonchev–Trinajstić information content (AvgIpc) is 2.35. The van der Waals surface area contributed by atoms with E-state index in [1.165, 1.54) is 0 Å². The van der Waals surface area contributed by atoms with Gasteiger partial charge >= 0.3 is 0 Å². The molecule has 0 saturated heterocycles. The first-order valence-corrected chi connectivity index (χ1v) is 6.13. The van der Waals surface area contributed by atoms with Crippen LogP contribution in [0.2, 0.25) is 10.0 Å². The summed E-state index contributed by atoms with van der Waals surface area (Å²) in [5.41, 5.74) is 0.738. The lowest BCUT2D eigenvalue weighted by atomic mass is 10.3. The normalized spacial score (nSPS) is 10.3. The average molecular weight is 289 g/mol. The first-order chi connectivity index (χ1) is 8.20. The highest BCUT2D eigenvalue weighted by Gasteiger charge is 2.07. The largest absolute Gasteiger partial charge is 0.437 e. The van der Waals surface area contributed by atoms with Crippen LogP contribution in [0.15, 0.2) is 36.4 Å². The summed E-state index contributed by atoms with van der Waals surface area (Å²) < 4.78 is 5.55. The van der Waals surface area contributed by atoms with Gasteiger partial charge in [0, 0.05) is 6.07 Å². The molecule has 0 unspecified atom stereocenters. The summed E-state index contributed by atoms with van der Waals surface area (Å²) in [6, 6.07) is 10.5. The predicted molar refractivity (Wildman–Crippen MR) is 70.3 cm³/mol. The second kappa shape index (κ2) is 5.58. The molecule has 0 bridgehead atoms. The smallest absolute Gasteiger partial charge is 0.219 e. The molecule has 88 valence electrons. The Morgan fingerprint density at radius 1 is 1.06 bits per heavy atom. The fourth-order valence-electron chi connectivity index (χ4n) is 1.26. The summed E-state index contributed by atoms with van der Waals surface area (Å²) in [6.45, 7) is 0. The highest BCUT2D eigenvalue weighted by Crippen LogP contribution is 2.33. The third-order valence-corrected chi connectivity index (χ3v) is 3.12. The molecule has 0 saturated carbocycles. The summed E-state index contributed by atoms with van der Waals surface area (Å²) in [6.07, 6.45) is 0. The molecule has 17 heavy (non-hydrogen) atoms. The number of hydrogen-bond acceptors (Lipinski definition) is 2. The van der Waals surface area contributed by atoms with Crippen LogP contribution in [-0.4, -0.2) is 4.98 Å². The second-order valence-corrected chi connectivity index (χ2v) is 4.31. The number of halogens is 3. The molecule has 0 N–H and O–H groups in total. The molecule has 5 heteroatoms. The minimum Gasteiger partial charge on any atom is -0.437 e. The molecule has 1 aromatic heterocycles. The van der Waals surface area contributed by atoms with Crippen LogP contribution >= 0.6 is 34.8 Å². The topological polar surface area (TPSA) is 22.1 Å². The van der Waals surface area contributed by atoms with Crippen LogP contribution in [0.3, 0.4) is 0 Å². The van der Waals surface area contributed by atoms with Crippen molar-refractivity contribution in [1.82, 2.24) is 4.98 Å². The van der Waals surface area contributed by atoms with E-state index >= 15 is 0 Å². The molecule has 0 radical (unpaired) electrons. The maximum atomic E-state index is 6.01. The molecule has 2 aromatic rings. The van der Waals surface area contributed by atoms with Gasteiger partial charge < -0.3 is 4.74 Å². The maximum Gasteiger partial charge on any atom is 0.219 e. The van der Waals surface area contributed by atoms with Gasteiger partial charge in [-0.15, -0.1) is 11.6 Å². The molecule has 1 aromatic carbocycles. The fourth-order valence-corrected chi connectivity index (χ4v) is 1.74. The number of rotatable bonds is 3. The molecule has 2 nitrogen and oxygen atoms in total. The summed E-state index contributed by atoms with van der Waals surface area (Å²) in [7, 11) is 0. The third kappa shape index (κ3) is 3.03. The Bertz CT molecular complexity index is 531. The van der Waals surface area contributed by atoms with Crippen LogP contribution in [0.1, 0.15) is 5.69 Å². The summed E-state index contributed by atoms with van der Waals surface area (Å²) in [5.74, 6) is 1.24. The van der Waals surface area contributed by atoms with Gasteiger partial charge in [0.1, 0.15) is 10.8 Å². The van der Waals surface area contributed by atoms with Crippen molar-refractivity contribution in [3.8, 4) is 11.6 Å². The Morgan fingerprint density at radius 3 is 2.59 bits per heavy atom. The molecule has 0 aliphatic carbocycles. The van der Waals surface area contributed by atoms with Gasteiger partial charge in [-0.1, -0.05) is 35.3 Å². The van der Waals surface area contributed by atoms with E-state index in [0.29, 0.717) is 27.6 Å². The van der Waals surface area contributed by atoms with Crippen molar-refractivity contribution >= 4 is 34.8 Å². The van der Waals surface area contributed by atoms with Crippen molar-refractivity contribution in [3.05, 3.63) is 52.1 Å². The van der Waals surface area contributed by atoms with Crippen molar-refractivity contribution < 1.29 is 4.74 Å². The second-order valence-electron chi connectivity index (χ2n) is 3.25. The molecule has 0 aliphatic heterocycles. The van der Waals surface area contributed by atoms with Crippen molar-refractivity contribution in [2.24, 2.45) is 0 Å². The summed E-state index contributed by atoms with van der Waals surface area (Å²) in [4.78, 5) is 4.20. The number of nitrogens with zero attached hydrogens (tertiary/aromatic N) is 1. The molecule has 1 heterocycles. The van der Waals surface area contributed by atoms with Gasteiger partial charge in [0.15, 0.2) is 0 Å². The monoisotopic (exact) mass is 287 g/mol. The highest BCUT2D eigenvalue weighted by molar-refractivity contribution is 6.42. The van der Waals surface area contributed by atoms with E-state index in [1.54, 1.807) is 24.3 Å². The quantitative estimate of drug-likeness (QED) is 0.748. The van der Waals surface area contributed by atoms with Crippen LogP contribution in [0.5, 0.6) is 11.6 Å². The Morgan fingerprint density at radius 2 is 1.82 bits per heavy atom. The molecular formula is C12H8Cl3NO. The number of benzene rings is 1. The zero-order valence-corrected chi connectivity index (χ0v) is 10.9. The first kappa shape index (κ1) is 12.5. The van der Waals surface area contributed by atoms with E-state index < -0.39 is 0 Å². The third-order valence-electron chi connectivity index (χ3n) is 2.05. The van der Waals surface area contributed by atoms with Crippen LogP contribution in [-0.2, 0) is 5.88 Å². The zero-order valence-electron chi connectivity index (χ0n) is 8.66. The van der Waals surface area contributed by atoms with E-state index in [1.807, 2.05) is 12.1 Å². The van der Waals surface area contributed by atoms with Gasteiger partial charge in [-0.25, -0.2) is 4.98 Å². The van der Waals surface area contributed by atoms with E-state index in [4.69, 9.17) is 39.5 Å². The molecule has 0 spiro atoms. The molecule has 0 atom stereocenters. The Kier molecular flexibility index (Phi) is 4.11. The number of hydrogen-bond donors (Lipinski definition) is 0. The Balaban J connectivity index is 2.28. The van der Waals surface area contributed by atoms with Crippen LogP contribution in [0, 0.1) is 0 Å². The van der Waals surface area contributed by atoms with Crippen molar-refractivity contribution in [2.45, 2.75) is 5.88 Å². The van der Waals surface area contributed by atoms with Gasteiger partial charge in [0.25, 0.3) is 0 Å². The maximum absolute atomic E-state index is 6.01. The lowest BCUT2D eigenvalue weighted by Crippen LogP contribution is -1.91. The van der Waals surface area contributed by atoms with E-state index in [2.05, 4.69) is 4.98 Å². The standard InChI is InChI=1S/C12H8Cl3NO/c13-7-8-3-1-6-11(16-8)17-10-5-2-4-9(14)12(10)15/h1-6H,7H2. The van der Waals surface area contributed by atoms with Gasteiger partial charge in [0.05, 0.1) is 16.6 Å². The fraction of sp³-hybridized carbons (Fsp3) is 0.0833. The lowest BCUT2D eigenvalue weighted by molar-refractivity contribution is 0.462. The number of alkyl halides is 1. The van der Waals surface area contributed by atoms with E-state index in [9.17, 15) is 0 Å². The van der Waals surface area contributed by atoms with Crippen LogP contribution in [0.25, 0.3) is 0 Å². The van der Waals surface area contributed by atoms with Gasteiger partial charge in [-0.3, -0.25) is 0 Å². The van der Waals surface area contributed by atoms with Crippen molar-refractivity contribution in [2.75, 3.05) is 0 Å². The number of pyridine rings is 1. The van der Waals surface area contributed by atoms with E-state index in [0.717, 1.165) is 5.69 Å². The SMILES string of the molecule is ClCc1cccc(Oc2cccc(Cl)c2Cl)n1. The van der Waals surface area contributed by atoms with E-state index in [-0.39, 0.29) is 0 Å². The van der Waals surface area contributed by atoms with Crippen LogP contribution in [0.4, 0.5) is 0 Å². The van der Waals surface area contributed by atoms with Gasteiger partial charge in [-0.2, -0.15) is 0 Å². The van der Waals surface area contributed by atoms with Crippen molar-refractivity contribution in [3.63, 3.8) is 0 Å². The number of ether oxygens (including phenoxy) is 1. The first-order valence-electron chi connectivity index (χ1n) is 4.84. The molecule has 2 rings (SSSR count). The lowest BCUT2D eigenvalue weighted by Gasteiger charge is -2.07. The number of aromatic nitrogens is 1. The molecule has 0 aliphatic rings. The molecule has 0 amide bonds. The van der Waals surface area contributed by atoms with Gasteiger partial charge in [0.2, 0.25) is 5.88 Å². The molecule has 0 fully saturated rings. The Hall–Kier alpha value is -0.960. The summed E-state index contributed by atoms with van der Waals surface area (Å²) in [5, 5.41) is 0.810. The summed E-state index contributed by atoms with van der Waals surface area (Å²) >= 11 is 17.6. The zero-order chi connectivity index (χ0) is 12.3. The Labute approximate surface area is 114 Å². The van der Waals surface area contributed by atoms with Crippen LogP contribution < -0.4 is 4.74 Å². The highest BCUT2D eigenvalue weighted by atomic mass is 35.5. The minimum absolute atomic E-state index is 0.334. The predicted octanol–water partition coefficient (Wildman–Crippen LogP) is 4.92.